The van der Waals surface area contributed by atoms with Crippen LogP contribution in [0.15, 0.2) is 42.5 Å². The van der Waals surface area contributed by atoms with Crippen molar-refractivity contribution in [2.45, 2.75) is 19.2 Å². The number of nitro groups is 1. The maximum atomic E-state index is 11.5. The van der Waals surface area contributed by atoms with Crippen molar-refractivity contribution in [3.8, 4) is 0 Å². The molecule has 0 amide bonds. The van der Waals surface area contributed by atoms with Gasteiger partial charge in [-0.25, -0.2) is 0 Å². The highest BCUT2D eigenvalue weighted by Crippen LogP contribution is 2.37. The van der Waals surface area contributed by atoms with E-state index in [1.165, 1.54) is 0 Å². The Hall–Kier alpha value is -2.19. The van der Waals surface area contributed by atoms with Crippen LogP contribution >= 0.6 is 11.6 Å². The van der Waals surface area contributed by atoms with Crippen LogP contribution < -0.4 is 4.90 Å². The van der Waals surface area contributed by atoms with Crippen LogP contribution in [-0.4, -0.2) is 61.1 Å². The molecule has 0 aromatic heterocycles. The monoisotopic (exact) mass is 430 g/mol. The molecule has 0 N–H and O–H groups in total. The molecule has 1 atom stereocenters. The third-order valence-corrected chi connectivity index (χ3v) is 6.08. The Morgan fingerprint density at radius 1 is 1.10 bits per heavy atom. The van der Waals surface area contributed by atoms with E-state index in [0.29, 0.717) is 18.2 Å². The quantitative estimate of drug-likeness (QED) is 0.529. The summed E-state index contributed by atoms with van der Waals surface area (Å²) in [5.41, 5.74) is 3.15. The highest BCUT2D eigenvalue weighted by atomic mass is 35.5. The Balaban J connectivity index is 1.66. The number of ether oxygens (including phenoxy) is 1. The van der Waals surface area contributed by atoms with Crippen LogP contribution in [0.4, 0.5) is 11.4 Å². The summed E-state index contributed by atoms with van der Waals surface area (Å²) in [7, 11) is 2.12. The van der Waals surface area contributed by atoms with Gasteiger partial charge in [0.2, 0.25) is 0 Å². The van der Waals surface area contributed by atoms with Crippen molar-refractivity contribution >= 4 is 23.0 Å². The Morgan fingerprint density at radius 3 is 2.53 bits per heavy atom. The molecular weight excluding hydrogens is 404 g/mol. The number of hydrogen-bond donors (Lipinski definition) is 0. The number of likely N-dealkylation sites (N-methyl/N-ethyl adjacent to an activating group) is 1. The third-order valence-electron chi connectivity index (χ3n) is 5.83. The lowest BCUT2D eigenvalue weighted by Crippen LogP contribution is -2.45. The molecule has 8 heteroatoms. The number of benzene rings is 2. The number of anilines is 1. The standard InChI is InChI=1S/C22H27ClN4O3/c1-24-10-12-25(13-11-24)21-8-7-19(27(28)29)15-20(21)22-26(9-2-14-30-22)16-17-3-5-18(23)6-4-17/h3-8,15,22H,2,9-14,16H2,1H3/t22-/m1/s1. The number of halogens is 1. The second-order valence-corrected chi connectivity index (χ2v) is 8.40. The van der Waals surface area contributed by atoms with Gasteiger partial charge in [0.1, 0.15) is 6.23 Å². The zero-order valence-electron chi connectivity index (χ0n) is 17.2. The van der Waals surface area contributed by atoms with Gasteiger partial charge in [-0.1, -0.05) is 23.7 Å². The molecule has 0 unspecified atom stereocenters. The first kappa shape index (κ1) is 21.1. The van der Waals surface area contributed by atoms with Gasteiger partial charge in [0.25, 0.3) is 5.69 Å². The molecule has 0 bridgehead atoms. The summed E-state index contributed by atoms with van der Waals surface area (Å²) >= 11 is 6.03. The summed E-state index contributed by atoms with van der Waals surface area (Å²) in [5, 5.41) is 12.2. The van der Waals surface area contributed by atoms with Crippen molar-refractivity contribution in [1.29, 1.82) is 0 Å². The number of nitro benzene ring substituents is 1. The molecule has 0 spiro atoms. The molecule has 0 radical (unpaired) electrons. The first-order valence-electron chi connectivity index (χ1n) is 10.3. The van der Waals surface area contributed by atoms with E-state index in [0.717, 1.165) is 56.0 Å². The van der Waals surface area contributed by atoms with Gasteiger partial charge in [-0.05, 0) is 37.2 Å². The number of nitrogens with zero attached hydrogens (tertiary/aromatic N) is 4. The van der Waals surface area contributed by atoms with Crippen LogP contribution in [0.1, 0.15) is 23.8 Å². The summed E-state index contributed by atoms with van der Waals surface area (Å²) < 4.78 is 6.20. The summed E-state index contributed by atoms with van der Waals surface area (Å²) in [4.78, 5) is 18.0. The van der Waals surface area contributed by atoms with Crippen LogP contribution in [-0.2, 0) is 11.3 Å². The molecule has 2 aliphatic rings. The molecule has 7 nitrogen and oxygen atoms in total. The molecular formula is C22H27ClN4O3. The van der Waals surface area contributed by atoms with Crippen molar-refractivity contribution in [1.82, 2.24) is 9.80 Å². The summed E-state index contributed by atoms with van der Waals surface area (Å²) in [6.45, 7) is 5.95. The highest BCUT2D eigenvalue weighted by molar-refractivity contribution is 6.30. The highest BCUT2D eigenvalue weighted by Gasteiger charge is 2.30. The minimum Gasteiger partial charge on any atom is -0.369 e. The molecule has 0 aliphatic carbocycles. The van der Waals surface area contributed by atoms with E-state index >= 15 is 0 Å². The number of rotatable bonds is 5. The van der Waals surface area contributed by atoms with Crippen molar-refractivity contribution in [3.63, 3.8) is 0 Å². The second-order valence-electron chi connectivity index (χ2n) is 7.96. The zero-order valence-corrected chi connectivity index (χ0v) is 17.9. The fourth-order valence-corrected chi connectivity index (χ4v) is 4.27. The third kappa shape index (κ3) is 4.75. The fraction of sp³-hybridized carbons (Fsp3) is 0.455. The Labute approximate surface area is 181 Å². The molecule has 2 heterocycles. The smallest absolute Gasteiger partial charge is 0.270 e. The maximum Gasteiger partial charge on any atom is 0.270 e. The average molecular weight is 431 g/mol. The normalized spacial score (nSPS) is 21.0. The lowest BCUT2D eigenvalue weighted by Gasteiger charge is -2.40. The summed E-state index contributed by atoms with van der Waals surface area (Å²) in [6.07, 6.45) is 0.618. The molecule has 2 aromatic rings. The van der Waals surface area contributed by atoms with E-state index in [4.69, 9.17) is 16.3 Å². The van der Waals surface area contributed by atoms with Gasteiger partial charge in [0, 0.05) is 67.7 Å². The van der Waals surface area contributed by atoms with Crippen LogP contribution in [0.25, 0.3) is 0 Å². The number of piperazine rings is 1. The van der Waals surface area contributed by atoms with Gasteiger partial charge >= 0.3 is 0 Å². The van der Waals surface area contributed by atoms with Gasteiger partial charge in [-0.15, -0.1) is 0 Å². The van der Waals surface area contributed by atoms with E-state index < -0.39 is 0 Å². The average Bonchev–Trinajstić information content (AvgIpc) is 2.76. The molecule has 2 aromatic carbocycles. The van der Waals surface area contributed by atoms with Crippen molar-refractivity contribution < 1.29 is 9.66 Å². The first-order valence-corrected chi connectivity index (χ1v) is 10.7. The molecule has 2 saturated heterocycles. The van der Waals surface area contributed by atoms with Gasteiger partial charge < -0.3 is 14.5 Å². The van der Waals surface area contributed by atoms with Crippen molar-refractivity contribution in [2.75, 3.05) is 51.3 Å². The van der Waals surface area contributed by atoms with Crippen LogP contribution in [0.5, 0.6) is 0 Å². The predicted molar refractivity (Wildman–Crippen MR) is 118 cm³/mol. The van der Waals surface area contributed by atoms with E-state index in [1.807, 2.05) is 30.3 Å². The summed E-state index contributed by atoms with van der Waals surface area (Å²) in [6, 6.07) is 13.0. The minimum absolute atomic E-state index is 0.100. The molecule has 160 valence electrons. The van der Waals surface area contributed by atoms with Gasteiger partial charge in [0.05, 0.1) is 11.5 Å². The molecule has 30 heavy (non-hydrogen) atoms. The first-order chi connectivity index (χ1) is 14.5. The van der Waals surface area contributed by atoms with E-state index in [-0.39, 0.29) is 16.8 Å². The van der Waals surface area contributed by atoms with Crippen LogP contribution in [0.2, 0.25) is 5.02 Å². The van der Waals surface area contributed by atoms with Crippen LogP contribution in [0.3, 0.4) is 0 Å². The Kier molecular flexibility index (Phi) is 6.53. The molecule has 2 fully saturated rings. The maximum absolute atomic E-state index is 11.5. The fourth-order valence-electron chi connectivity index (χ4n) is 4.15. The number of non-ortho nitro benzene ring substituents is 1. The van der Waals surface area contributed by atoms with Gasteiger partial charge in [0.15, 0.2) is 0 Å². The SMILES string of the molecule is CN1CCN(c2ccc([N+](=O)[O-])cc2[C@H]2OCCCN2Cc2ccc(Cl)cc2)CC1. The van der Waals surface area contributed by atoms with Crippen LogP contribution in [0, 0.1) is 10.1 Å². The Morgan fingerprint density at radius 2 is 1.83 bits per heavy atom. The molecule has 2 aliphatic heterocycles. The number of hydrogen-bond acceptors (Lipinski definition) is 6. The molecule has 0 saturated carbocycles. The molecule has 4 rings (SSSR count). The lowest BCUT2D eigenvalue weighted by atomic mass is 10.0. The van der Waals surface area contributed by atoms with E-state index in [1.54, 1.807) is 12.1 Å². The Bertz CT molecular complexity index is 884. The van der Waals surface area contributed by atoms with Crippen molar-refractivity contribution in [3.05, 3.63) is 68.7 Å². The largest absolute Gasteiger partial charge is 0.369 e. The van der Waals surface area contributed by atoms with Gasteiger partial charge in [-0.2, -0.15) is 0 Å². The zero-order chi connectivity index (χ0) is 21.1. The van der Waals surface area contributed by atoms with Crippen molar-refractivity contribution in [2.24, 2.45) is 0 Å². The van der Waals surface area contributed by atoms with E-state index in [9.17, 15) is 10.1 Å². The minimum atomic E-state index is -0.330. The lowest BCUT2D eigenvalue weighted by molar-refractivity contribution is -0.385. The predicted octanol–water partition coefficient (Wildman–Crippen LogP) is 3.92. The van der Waals surface area contributed by atoms with Gasteiger partial charge in [-0.3, -0.25) is 15.0 Å². The topological polar surface area (TPSA) is 62.1 Å². The second kappa shape index (κ2) is 9.31. The summed E-state index contributed by atoms with van der Waals surface area (Å²) in [5.74, 6) is 0. The van der Waals surface area contributed by atoms with E-state index in [2.05, 4.69) is 21.7 Å².